The lowest BCUT2D eigenvalue weighted by Crippen LogP contribution is -2.72. The van der Waals surface area contributed by atoms with Crippen LogP contribution < -0.4 is 15.4 Å². The van der Waals surface area contributed by atoms with Crippen molar-refractivity contribution in [3.63, 3.8) is 0 Å². The van der Waals surface area contributed by atoms with Crippen LogP contribution in [0.1, 0.15) is 23.0 Å². The molecule has 0 radical (unpaired) electrons. The zero-order chi connectivity index (χ0) is 20.8. The Morgan fingerprint density at radius 1 is 1.14 bits per heavy atom. The number of benzene rings is 1. The molecule has 0 saturated carbocycles. The summed E-state index contributed by atoms with van der Waals surface area (Å²) in [5.74, 6) is -2.26. The average Bonchev–Trinajstić information content (AvgIpc) is 3.17. The number of ether oxygens (including phenoxy) is 2. The van der Waals surface area contributed by atoms with Crippen molar-refractivity contribution in [2.24, 2.45) is 0 Å². The van der Waals surface area contributed by atoms with E-state index in [1.807, 2.05) is 5.32 Å². The van der Waals surface area contributed by atoms with Gasteiger partial charge in [-0.15, -0.1) is 0 Å². The van der Waals surface area contributed by atoms with Gasteiger partial charge in [-0.1, -0.05) is 0 Å². The third-order valence-corrected chi connectivity index (χ3v) is 3.77. The number of furan rings is 1. The Kier molecular flexibility index (Phi) is 6.68. The summed E-state index contributed by atoms with van der Waals surface area (Å²) in [5, 5.41) is 3.77. The van der Waals surface area contributed by atoms with Gasteiger partial charge in [0.15, 0.2) is 0 Å². The number of alkyl halides is 3. The highest BCUT2D eigenvalue weighted by Crippen LogP contribution is 2.31. The van der Waals surface area contributed by atoms with E-state index >= 15 is 0 Å². The third-order valence-electron chi connectivity index (χ3n) is 3.77. The van der Waals surface area contributed by atoms with Crippen molar-refractivity contribution in [3.05, 3.63) is 54.0 Å². The zero-order valence-electron chi connectivity index (χ0n) is 15.1. The molecule has 7 nitrogen and oxygen atoms in total. The van der Waals surface area contributed by atoms with E-state index in [9.17, 15) is 22.8 Å². The van der Waals surface area contributed by atoms with Crippen LogP contribution in [-0.4, -0.2) is 37.4 Å². The van der Waals surface area contributed by atoms with Gasteiger partial charge in [-0.05, 0) is 43.3 Å². The molecule has 1 aromatic carbocycles. The van der Waals surface area contributed by atoms with E-state index in [0.717, 1.165) is 0 Å². The van der Waals surface area contributed by atoms with Crippen molar-refractivity contribution in [2.75, 3.05) is 13.7 Å². The molecule has 1 heterocycles. The van der Waals surface area contributed by atoms with Crippen LogP contribution in [0.4, 0.5) is 13.2 Å². The molecule has 0 fully saturated rings. The monoisotopic (exact) mass is 400 g/mol. The second kappa shape index (κ2) is 8.79. The zero-order valence-corrected chi connectivity index (χ0v) is 15.1. The van der Waals surface area contributed by atoms with Gasteiger partial charge in [0.05, 0.1) is 26.5 Å². The number of rotatable bonds is 8. The number of amides is 1. The fraction of sp³-hybridized carbons (Fsp3) is 0.333. The molecule has 0 aliphatic rings. The second-order valence-electron chi connectivity index (χ2n) is 5.58. The van der Waals surface area contributed by atoms with Crippen molar-refractivity contribution in [1.82, 2.24) is 10.6 Å². The molecule has 10 heteroatoms. The van der Waals surface area contributed by atoms with E-state index in [1.165, 1.54) is 56.7 Å². The highest BCUT2D eigenvalue weighted by Gasteiger charge is 2.63. The van der Waals surface area contributed by atoms with E-state index in [-0.39, 0.29) is 17.9 Å². The number of nitrogens with one attached hydrogen (secondary N) is 2. The van der Waals surface area contributed by atoms with Gasteiger partial charge in [0, 0.05) is 5.56 Å². The summed E-state index contributed by atoms with van der Waals surface area (Å²) in [4.78, 5) is 24.7. The maximum absolute atomic E-state index is 13.9. The van der Waals surface area contributed by atoms with Gasteiger partial charge in [-0.25, -0.2) is 4.79 Å². The molecule has 2 rings (SSSR count). The number of carbonyl (C=O) groups excluding carboxylic acids is 2. The second-order valence-corrected chi connectivity index (χ2v) is 5.58. The Balaban J connectivity index is 2.35. The SMILES string of the molecule is CCOC(=O)[C@@](NCc1ccco1)(NC(=O)c1ccc(OC)cc1)C(F)(F)F. The van der Waals surface area contributed by atoms with Crippen molar-refractivity contribution >= 4 is 11.9 Å². The van der Waals surface area contributed by atoms with Crippen molar-refractivity contribution in [3.8, 4) is 5.75 Å². The normalized spacial score (nSPS) is 13.5. The Bertz CT molecular complexity index is 791. The molecular formula is C18H19F3N2O5. The number of methoxy groups -OCH3 is 1. The predicted octanol–water partition coefficient (Wildman–Crippen LogP) is 2.63. The number of esters is 1. The predicted molar refractivity (Wildman–Crippen MR) is 91.4 cm³/mol. The molecule has 28 heavy (non-hydrogen) atoms. The minimum absolute atomic E-state index is 0.0986. The highest BCUT2D eigenvalue weighted by atomic mass is 19.4. The summed E-state index contributed by atoms with van der Waals surface area (Å²) in [7, 11) is 1.41. The first-order chi connectivity index (χ1) is 13.2. The van der Waals surface area contributed by atoms with Gasteiger partial charge in [0.25, 0.3) is 11.6 Å². The molecule has 0 saturated heterocycles. The van der Waals surface area contributed by atoms with Gasteiger partial charge < -0.3 is 19.2 Å². The molecule has 1 aromatic heterocycles. The van der Waals surface area contributed by atoms with Crippen LogP contribution >= 0.6 is 0 Å². The molecule has 1 atom stereocenters. The van der Waals surface area contributed by atoms with E-state index < -0.39 is 30.3 Å². The summed E-state index contributed by atoms with van der Waals surface area (Å²) in [5.41, 5.74) is -3.56. The van der Waals surface area contributed by atoms with Crippen molar-refractivity contribution < 1.29 is 36.7 Å². The Hall–Kier alpha value is -3.01. The Labute approximate surface area is 158 Å². The lowest BCUT2D eigenvalue weighted by Gasteiger charge is -2.34. The quantitative estimate of drug-likeness (QED) is 0.523. The van der Waals surface area contributed by atoms with Gasteiger partial charge in [0.2, 0.25) is 0 Å². The largest absolute Gasteiger partial charge is 0.497 e. The van der Waals surface area contributed by atoms with E-state index in [2.05, 4.69) is 4.74 Å². The molecular weight excluding hydrogens is 381 g/mol. The summed E-state index contributed by atoms with van der Waals surface area (Å²) >= 11 is 0. The first-order valence-corrected chi connectivity index (χ1v) is 8.21. The first kappa shape index (κ1) is 21.3. The Morgan fingerprint density at radius 3 is 2.32 bits per heavy atom. The number of hydrogen-bond acceptors (Lipinski definition) is 6. The maximum atomic E-state index is 13.9. The van der Waals surface area contributed by atoms with Crippen LogP contribution in [0.2, 0.25) is 0 Å². The van der Waals surface area contributed by atoms with Crippen LogP contribution in [0.5, 0.6) is 5.75 Å². The lowest BCUT2D eigenvalue weighted by atomic mass is 10.1. The minimum Gasteiger partial charge on any atom is -0.497 e. The lowest BCUT2D eigenvalue weighted by molar-refractivity contribution is -0.219. The Morgan fingerprint density at radius 2 is 1.82 bits per heavy atom. The van der Waals surface area contributed by atoms with Gasteiger partial charge in [-0.2, -0.15) is 13.2 Å². The molecule has 0 spiro atoms. The minimum atomic E-state index is -5.20. The van der Waals surface area contributed by atoms with Gasteiger partial charge >= 0.3 is 12.1 Å². The van der Waals surface area contributed by atoms with Crippen LogP contribution in [0.3, 0.4) is 0 Å². The summed E-state index contributed by atoms with van der Waals surface area (Å²) in [6, 6.07) is 8.26. The molecule has 1 amide bonds. The van der Waals surface area contributed by atoms with Crippen LogP contribution in [0.15, 0.2) is 47.1 Å². The van der Waals surface area contributed by atoms with E-state index in [4.69, 9.17) is 9.15 Å². The van der Waals surface area contributed by atoms with Crippen molar-refractivity contribution in [1.29, 1.82) is 0 Å². The van der Waals surface area contributed by atoms with Crippen LogP contribution in [0, 0.1) is 0 Å². The summed E-state index contributed by atoms with van der Waals surface area (Å²) in [6.45, 7) is 0.572. The molecule has 0 bridgehead atoms. The molecule has 0 aliphatic carbocycles. The molecule has 152 valence electrons. The highest BCUT2D eigenvalue weighted by molar-refractivity contribution is 5.98. The fourth-order valence-corrected chi connectivity index (χ4v) is 2.31. The fourth-order valence-electron chi connectivity index (χ4n) is 2.31. The summed E-state index contributed by atoms with van der Waals surface area (Å²) < 4.78 is 56.4. The van der Waals surface area contributed by atoms with E-state index in [0.29, 0.717) is 5.75 Å². The van der Waals surface area contributed by atoms with Gasteiger partial charge in [0.1, 0.15) is 11.5 Å². The molecule has 0 unspecified atom stereocenters. The first-order valence-electron chi connectivity index (χ1n) is 8.21. The average molecular weight is 400 g/mol. The maximum Gasteiger partial charge on any atom is 0.436 e. The summed E-state index contributed by atoms with van der Waals surface area (Å²) in [6.07, 6.45) is -3.93. The smallest absolute Gasteiger partial charge is 0.436 e. The third kappa shape index (κ3) is 4.63. The van der Waals surface area contributed by atoms with E-state index in [1.54, 1.807) is 5.32 Å². The number of carbonyl (C=O) groups is 2. The molecule has 2 aromatic rings. The topological polar surface area (TPSA) is 89.8 Å². The molecule has 0 aliphatic heterocycles. The van der Waals surface area contributed by atoms with Crippen LogP contribution in [0.25, 0.3) is 0 Å². The number of halogens is 3. The van der Waals surface area contributed by atoms with Gasteiger partial charge in [-0.3, -0.25) is 10.1 Å². The van der Waals surface area contributed by atoms with Crippen LogP contribution in [-0.2, 0) is 16.1 Å². The standard InChI is InChI=1S/C18H19F3N2O5/c1-3-27-16(25)17(18(19,20)21,22-11-14-5-4-10-28-14)23-15(24)12-6-8-13(26-2)9-7-12/h4-10,22H,3,11H2,1-2H3,(H,23,24)/t17-/m1/s1. The molecule has 2 N–H and O–H groups in total. The van der Waals surface area contributed by atoms with Crippen molar-refractivity contribution in [2.45, 2.75) is 25.3 Å². The number of hydrogen-bond donors (Lipinski definition) is 2.